The Morgan fingerprint density at radius 3 is 2.60 bits per heavy atom. The van der Waals surface area contributed by atoms with Gasteiger partial charge in [-0.25, -0.2) is 4.79 Å². The third-order valence-electron chi connectivity index (χ3n) is 5.33. The maximum atomic E-state index is 12.4. The summed E-state index contributed by atoms with van der Waals surface area (Å²) in [5.74, 6) is 1.73. The van der Waals surface area contributed by atoms with Crippen molar-refractivity contribution in [1.29, 1.82) is 0 Å². The molecule has 2 heterocycles. The Morgan fingerprint density at radius 2 is 1.87 bits per heavy atom. The highest BCUT2D eigenvalue weighted by Gasteiger charge is 2.17. The van der Waals surface area contributed by atoms with Crippen molar-refractivity contribution in [3.8, 4) is 33.9 Å². The zero-order valence-corrected chi connectivity index (χ0v) is 17.0. The number of hydrogen-bond acceptors (Lipinski definition) is 6. The lowest BCUT2D eigenvalue weighted by atomic mass is 10.0. The number of pyridine rings is 1. The van der Waals surface area contributed by atoms with Crippen LogP contribution in [-0.2, 0) is 0 Å². The minimum Gasteiger partial charge on any atom is -0.496 e. The van der Waals surface area contributed by atoms with Gasteiger partial charge >= 0.3 is 6.09 Å². The average molecular weight is 407 g/mol. The molecule has 0 spiro atoms. The minimum atomic E-state index is -0.424. The third kappa shape index (κ3) is 4.79. The van der Waals surface area contributed by atoms with Gasteiger partial charge in [0, 0.05) is 41.2 Å². The number of carbonyl (C=O) groups is 1. The van der Waals surface area contributed by atoms with E-state index in [9.17, 15) is 4.79 Å². The van der Waals surface area contributed by atoms with Crippen LogP contribution < -0.4 is 14.8 Å². The number of amides is 1. The van der Waals surface area contributed by atoms with Crippen molar-refractivity contribution in [3.63, 3.8) is 0 Å². The van der Waals surface area contributed by atoms with E-state index in [2.05, 4.69) is 15.5 Å². The summed E-state index contributed by atoms with van der Waals surface area (Å²) in [6.07, 6.45) is 11.4. The Kier molecular flexibility index (Phi) is 6.27. The van der Waals surface area contributed by atoms with E-state index in [-0.39, 0.29) is 6.04 Å². The van der Waals surface area contributed by atoms with Crippen LogP contribution in [0.2, 0.25) is 0 Å². The average Bonchev–Trinajstić information content (AvgIpc) is 3.19. The molecular weight excluding hydrogens is 382 g/mol. The summed E-state index contributed by atoms with van der Waals surface area (Å²) in [5, 5.41) is 6.74. The molecule has 1 N–H and O–H groups in total. The lowest BCUT2D eigenvalue weighted by Crippen LogP contribution is -2.36. The van der Waals surface area contributed by atoms with Gasteiger partial charge in [-0.2, -0.15) is 0 Å². The molecule has 1 fully saturated rings. The predicted molar refractivity (Wildman–Crippen MR) is 112 cm³/mol. The van der Waals surface area contributed by atoms with Crippen LogP contribution in [0.3, 0.4) is 0 Å². The molecule has 30 heavy (non-hydrogen) atoms. The van der Waals surface area contributed by atoms with Crippen LogP contribution in [-0.4, -0.2) is 29.4 Å². The Hall–Kier alpha value is -3.35. The zero-order chi connectivity index (χ0) is 20.8. The highest BCUT2D eigenvalue weighted by Crippen LogP contribution is 2.35. The number of hydrogen-bond donors (Lipinski definition) is 1. The fourth-order valence-electron chi connectivity index (χ4n) is 3.79. The summed E-state index contributed by atoms with van der Waals surface area (Å²) in [7, 11) is 1.60. The summed E-state index contributed by atoms with van der Waals surface area (Å²) in [6.45, 7) is 0. The van der Waals surface area contributed by atoms with Gasteiger partial charge in [0.2, 0.25) is 0 Å². The first-order valence-electron chi connectivity index (χ1n) is 10.3. The summed E-state index contributed by atoms with van der Waals surface area (Å²) < 4.78 is 16.3. The molecular formula is C23H25N3O4. The number of nitrogens with zero attached hydrogens (tertiary/aromatic N) is 2. The molecule has 0 atom stereocenters. The topological polar surface area (TPSA) is 86.5 Å². The molecule has 0 aliphatic heterocycles. The molecule has 4 rings (SSSR count). The first-order chi connectivity index (χ1) is 14.7. The molecule has 0 unspecified atom stereocenters. The van der Waals surface area contributed by atoms with Gasteiger partial charge in [0.25, 0.3) is 0 Å². The molecule has 1 aliphatic carbocycles. The molecule has 3 aromatic rings. The molecule has 2 aromatic heterocycles. The maximum Gasteiger partial charge on any atom is 0.412 e. The van der Waals surface area contributed by atoms with Crippen LogP contribution in [0.15, 0.2) is 53.4 Å². The quantitative estimate of drug-likeness (QED) is 0.583. The van der Waals surface area contributed by atoms with E-state index >= 15 is 0 Å². The smallest absolute Gasteiger partial charge is 0.412 e. The Morgan fingerprint density at radius 1 is 1.07 bits per heavy atom. The van der Waals surface area contributed by atoms with Gasteiger partial charge in [-0.05, 0) is 37.1 Å². The number of carbonyl (C=O) groups excluding carboxylic acids is 1. The fourth-order valence-corrected chi connectivity index (χ4v) is 3.79. The van der Waals surface area contributed by atoms with Gasteiger partial charge in [0.15, 0.2) is 5.76 Å². The van der Waals surface area contributed by atoms with E-state index in [1.807, 2.05) is 6.07 Å². The highest BCUT2D eigenvalue weighted by molar-refractivity contribution is 5.77. The van der Waals surface area contributed by atoms with Crippen molar-refractivity contribution >= 4 is 6.09 Å². The monoisotopic (exact) mass is 407 g/mol. The number of rotatable bonds is 5. The Balaban J connectivity index is 1.54. The SMILES string of the molecule is COc1ccc(OC(=O)NC2CCCCCC2)cc1-c1cncc(-c2ccno2)c1. The van der Waals surface area contributed by atoms with Crippen LogP contribution in [0.4, 0.5) is 4.79 Å². The maximum absolute atomic E-state index is 12.4. The predicted octanol–water partition coefficient (Wildman–Crippen LogP) is 5.22. The standard InChI is InChI=1S/C23H25N3O4/c1-28-22-9-8-19(29-23(27)26-18-6-4-2-3-5-7-18)13-20(22)16-12-17(15-24-14-16)21-10-11-25-30-21/h8-15,18H,2-7H2,1H3,(H,26,27). The van der Waals surface area contributed by atoms with Crippen molar-refractivity contribution < 1.29 is 18.8 Å². The van der Waals surface area contributed by atoms with Crippen LogP contribution in [0.5, 0.6) is 11.5 Å². The summed E-state index contributed by atoms with van der Waals surface area (Å²) in [6, 6.07) is 9.18. The van der Waals surface area contributed by atoms with Gasteiger partial charge < -0.3 is 19.3 Å². The van der Waals surface area contributed by atoms with Crippen LogP contribution in [0.1, 0.15) is 38.5 Å². The summed E-state index contributed by atoms with van der Waals surface area (Å²) in [5.41, 5.74) is 2.38. The van der Waals surface area contributed by atoms with Crippen molar-refractivity contribution in [2.45, 2.75) is 44.6 Å². The zero-order valence-electron chi connectivity index (χ0n) is 17.0. The van der Waals surface area contributed by atoms with Crippen molar-refractivity contribution in [2.75, 3.05) is 7.11 Å². The van der Waals surface area contributed by atoms with Gasteiger partial charge in [0.05, 0.1) is 13.3 Å². The number of benzene rings is 1. The first-order valence-corrected chi connectivity index (χ1v) is 10.3. The number of nitrogens with one attached hydrogen (secondary N) is 1. The number of methoxy groups -OCH3 is 1. The van der Waals surface area contributed by atoms with Crippen molar-refractivity contribution in [2.24, 2.45) is 0 Å². The number of ether oxygens (including phenoxy) is 2. The molecule has 0 saturated heterocycles. The molecule has 1 aliphatic rings. The fraction of sp³-hybridized carbons (Fsp3) is 0.348. The van der Waals surface area contributed by atoms with Gasteiger partial charge in [-0.15, -0.1) is 0 Å². The highest BCUT2D eigenvalue weighted by atomic mass is 16.6. The van der Waals surface area contributed by atoms with E-state index in [0.29, 0.717) is 17.3 Å². The van der Waals surface area contributed by atoms with Crippen LogP contribution >= 0.6 is 0 Å². The lowest BCUT2D eigenvalue weighted by Gasteiger charge is -2.16. The third-order valence-corrected chi connectivity index (χ3v) is 5.33. The molecule has 7 nitrogen and oxygen atoms in total. The largest absolute Gasteiger partial charge is 0.496 e. The van der Waals surface area contributed by atoms with Crippen molar-refractivity contribution in [3.05, 3.63) is 48.9 Å². The molecule has 1 amide bonds. The van der Waals surface area contributed by atoms with E-state index < -0.39 is 6.09 Å². The lowest BCUT2D eigenvalue weighted by molar-refractivity contribution is 0.194. The molecule has 0 bridgehead atoms. The van der Waals surface area contributed by atoms with Crippen LogP contribution in [0, 0.1) is 0 Å². The second-order valence-corrected chi connectivity index (χ2v) is 7.42. The normalized spacial score (nSPS) is 14.7. The second-order valence-electron chi connectivity index (χ2n) is 7.42. The van der Waals surface area contributed by atoms with Crippen molar-refractivity contribution in [1.82, 2.24) is 15.5 Å². The van der Waals surface area contributed by atoms with Gasteiger partial charge in [0.1, 0.15) is 11.5 Å². The Labute approximate surface area is 175 Å². The van der Waals surface area contributed by atoms with E-state index in [1.54, 1.807) is 50.0 Å². The molecule has 1 saturated carbocycles. The molecule has 0 radical (unpaired) electrons. The molecule has 156 valence electrons. The van der Waals surface area contributed by atoms with E-state index in [1.165, 1.54) is 12.8 Å². The van der Waals surface area contributed by atoms with Crippen LogP contribution in [0.25, 0.3) is 22.5 Å². The molecule has 1 aromatic carbocycles. The Bertz CT molecular complexity index is 980. The summed E-state index contributed by atoms with van der Waals surface area (Å²) >= 11 is 0. The summed E-state index contributed by atoms with van der Waals surface area (Å²) in [4.78, 5) is 16.7. The second kappa shape index (κ2) is 9.43. The first kappa shape index (κ1) is 19.9. The number of aromatic nitrogens is 2. The van der Waals surface area contributed by atoms with E-state index in [0.717, 1.165) is 42.4 Å². The van der Waals surface area contributed by atoms with E-state index in [4.69, 9.17) is 14.0 Å². The van der Waals surface area contributed by atoms with Gasteiger partial charge in [-0.3, -0.25) is 4.98 Å². The van der Waals surface area contributed by atoms with Gasteiger partial charge in [-0.1, -0.05) is 30.8 Å². The minimum absolute atomic E-state index is 0.181. The molecule has 7 heteroatoms.